The molecule has 4 heteroatoms. The van der Waals surface area contributed by atoms with Crippen LogP contribution in [0.25, 0.3) is 0 Å². The molecule has 0 aliphatic carbocycles. The Bertz CT molecular complexity index is 283. The Morgan fingerprint density at radius 1 is 1.20 bits per heavy atom. The van der Waals surface area contributed by atoms with Crippen LogP contribution in [0.5, 0.6) is 0 Å². The Kier molecular flexibility index (Phi) is 6.27. The summed E-state index contributed by atoms with van der Waals surface area (Å²) in [6, 6.07) is 0.818. The molecule has 0 amide bonds. The predicted octanol–water partition coefficient (Wildman–Crippen LogP) is 1.54. The summed E-state index contributed by atoms with van der Waals surface area (Å²) in [5.74, 6) is 0.737. The summed E-state index contributed by atoms with van der Waals surface area (Å²) in [4.78, 5) is 5.14. The monoisotopic (exact) mass is 283 g/mol. The van der Waals surface area contributed by atoms with E-state index in [1.54, 1.807) is 0 Å². The second kappa shape index (κ2) is 7.74. The molecule has 3 unspecified atom stereocenters. The van der Waals surface area contributed by atoms with Crippen molar-refractivity contribution in [3.05, 3.63) is 0 Å². The Morgan fingerprint density at radius 3 is 2.70 bits per heavy atom. The molecular weight excluding hydrogens is 250 g/mol. The summed E-state index contributed by atoms with van der Waals surface area (Å²) in [6.45, 7) is 13.2. The lowest BCUT2D eigenvalue weighted by molar-refractivity contribution is -0.0557. The molecule has 2 aliphatic heterocycles. The van der Waals surface area contributed by atoms with Crippen LogP contribution in [0.15, 0.2) is 0 Å². The van der Waals surface area contributed by atoms with Gasteiger partial charge in [-0.3, -0.25) is 9.80 Å². The van der Waals surface area contributed by atoms with Gasteiger partial charge < -0.3 is 10.5 Å². The van der Waals surface area contributed by atoms with Crippen LogP contribution in [-0.4, -0.2) is 67.3 Å². The van der Waals surface area contributed by atoms with Crippen molar-refractivity contribution in [2.45, 2.75) is 58.2 Å². The first-order valence-electron chi connectivity index (χ1n) is 8.40. The predicted molar refractivity (Wildman–Crippen MR) is 83.9 cm³/mol. The number of likely N-dealkylation sites (tertiary alicyclic amines) is 1. The van der Waals surface area contributed by atoms with Crippen molar-refractivity contribution in [2.75, 3.05) is 39.3 Å². The van der Waals surface area contributed by atoms with Crippen LogP contribution in [0.1, 0.15) is 40.0 Å². The molecule has 20 heavy (non-hydrogen) atoms. The van der Waals surface area contributed by atoms with Crippen LogP contribution in [0.4, 0.5) is 0 Å². The van der Waals surface area contributed by atoms with Gasteiger partial charge in [0.1, 0.15) is 0 Å². The van der Waals surface area contributed by atoms with Crippen molar-refractivity contribution in [3.63, 3.8) is 0 Å². The van der Waals surface area contributed by atoms with Crippen LogP contribution in [0.3, 0.4) is 0 Å². The van der Waals surface area contributed by atoms with Crippen molar-refractivity contribution in [2.24, 2.45) is 11.7 Å². The normalized spacial score (nSPS) is 31.6. The van der Waals surface area contributed by atoms with E-state index in [1.807, 2.05) is 0 Å². The summed E-state index contributed by atoms with van der Waals surface area (Å²) in [5, 5.41) is 0. The van der Waals surface area contributed by atoms with Crippen LogP contribution in [0, 0.1) is 5.92 Å². The van der Waals surface area contributed by atoms with Crippen molar-refractivity contribution >= 4 is 0 Å². The third-order valence-electron chi connectivity index (χ3n) is 4.56. The van der Waals surface area contributed by atoms with E-state index in [0.717, 1.165) is 32.2 Å². The summed E-state index contributed by atoms with van der Waals surface area (Å²) in [7, 11) is 0. The minimum atomic E-state index is 0.269. The van der Waals surface area contributed by atoms with E-state index in [1.165, 1.54) is 32.4 Å². The zero-order valence-electron chi connectivity index (χ0n) is 13.6. The molecule has 0 aromatic rings. The number of rotatable bonds is 5. The Morgan fingerprint density at radius 2 is 2.00 bits per heavy atom. The van der Waals surface area contributed by atoms with Gasteiger partial charge >= 0.3 is 0 Å². The van der Waals surface area contributed by atoms with Crippen molar-refractivity contribution in [1.29, 1.82) is 0 Å². The first-order valence-corrected chi connectivity index (χ1v) is 8.40. The molecule has 2 fully saturated rings. The summed E-state index contributed by atoms with van der Waals surface area (Å²) in [5.41, 5.74) is 6.16. The maximum Gasteiger partial charge on any atom is 0.0829 e. The van der Waals surface area contributed by atoms with Crippen LogP contribution in [-0.2, 0) is 4.74 Å². The molecule has 4 nitrogen and oxygen atoms in total. The van der Waals surface area contributed by atoms with Crippen LogP contribution < -0.4 is 5.73 Å². The minimum Gasteiger partial charge on any atom is -0.374 e. The molecule has 3 atom stereocenters. The van der Waals surface area contributed by atoms with E-state index in [2.05, 4.69) is 30.6 Å². The average molecular weight is 283 g/mol. The standard InChI is InChI=1S/C16H33N3O/c1-13(2)10-18-8-9-20-15(11-18)12-19-7-5-4-6-16(19)14(3)17/h13-16H,4-12,17H2,1-3H3. The van der Waals surface area contributed by atoms with Crippen LogP contribution in [0.2, 0.25) is 0 Å². The molecule has 2 aliphatic rings. The average Bonchev–Trinajstić information content (AvgIpc) is 2.38. The molecule has 0 bridgehead atoms. The highest BCUT2D eigenvalue weighted by molar-refractivity contribution is 4.86. The fourth-order valence-corrected chi connectivity index (χ4v) is 3.67. The molecule has 0 spiro atoms. The molecule has 0 saturated carbocycles. The second-order valence-electron chi connectivity index (χ2n) is 7.06. The number of nitrogens with zero attached hydrogens (tertiary/aromatic N) is 2. The van der Waals surface area contributed by atoms with E-state index in [-0.39, 0.29) is 6.04 Å². The highest BCUT2D eigenvalue weighted by Gasteiger charge is 2.29. The summed E-state index contributed by atoms with van der Waals surface area (Å²) < 4.78 is 6.00. The van der Waals surface area contributed by atoms with E-state index in [4.69, 9.17) is 10.5 Å². The summed E-state index contributed by atoms with van der Waals surface area (Å²) in [6.07, 6.45) is 4.25. The molecule has 0 radical (unpaired) electrons. The van der Waals surface area contributed by atoms with Crippen molar-refractivity contribution < 1.29 is 4.74 Å². The van der Waals surface area contributed by atoms with Gasteiger partial charge in [-0.05, 0) is 32.2 Å². The Labute approximate surface area is 124 Å². The van der Waals surface area contributed by atoms with Gasteiger partial charge in [-0.1, -0.05) is 20.3 Å². The smallest absolute Gasteiger partial charge is 0.0829 e. The SMILES string of the molecule is CC(C)CN1CCOC(CN2CCCCC2C(C)N)C1. The number of morpholine rings is 1. The zero-order valence-corrected chi connectivity index (χ0v) is 13.6. The fourth-order valence-electron chi connectivity index (χ4n) is 3.67. The van der Waals surface area contributed by atoms with Gasteiger partial charge in [0.2, 0.25) is 0 Å². The maximum atomic E-state index is 6.16. The highest BCUT2D eigenvalue weighted by atomic mass is 16.5. The van der Waals surface area contributed by atoms with Gasteiger partial charge in [0, 0.05) is 38.3 Å². The van der Waals surface area contributed by atoms with Gasteiger partial charge in [-0.25, -0.2) is 0 Å². The van der Waals surface area contributed by atoms with Crippen LogP contribution >= 0.6 is 0 Å². The van der Waals surface area contributed by atoms with E-state index < -0.39 is 0 Å². The number of nitrogens with two attached hydrogens (primary N) is 1. The van der Waals surface area contributed by atoms with Gasteiger partial charge in [0.15, 0.2) is 0 Å². The van der Waals surface area contributed by atoms with Crippen molar-refractivity contribution in [3.8, 4) is 0 Å². The third kappa shape index (κ3) is 4.69. The lowest BCUT2D eigenvalue weighted by atomic mass is 9.96. The first-order chi connectivity index (χ1) is 9.56. The molecule has 2 heterocycles. The topological polar surface area (TPSA) is 41.7 Å². The van der Waals surface area contributed by atoms with E-state index in [9.17, 15) is 0 Å². The van der Waals surface area contributed by atoms with Crippen molar-refractivity contribution in [1.82, 2.24) is 9.80 Å². The maximum absolute atomic E-state index is 6.16. The minimum absolute atomic E-state index is 0.269. The molecule has 0 aromatic carbocycles. The third-order valence-corrected chi connectivity index (χ3v) is 4.56. The number of ether oxygens (including phenoxy) is 1. The van der Waals surface area contributed by atoms with Gasteiger partial charge in [0.05, 0.1) is 12.7 Å². The number of hydrogen-bond donors (Lipinski definition) is 1. The largest absolute Gasteiger partial charge is 0.374 e. The highest BCUT2D eigenvalue weighted by Crippen LogP contribution is 2.20. The second-order valence-corrected chi connectivity index (χ2v) is 7.06. The number of hydrogen-bond acceptors (Lipinski definition) is 4. The lowest BCUT2D eigenvalue weighted by Crippen LogP contribution is -2.55. The quantitative estimate of drug-likeness (QED) is 0.831. The lowest BCUT2D eigenvalue weighted by Gasteiger charge is -2.42. The number of piperidine rings is 1. The molecule has 2 N–H and O–H groups in total. The molecule has 2 saturated heterocycles. The van der Waals surface area contributed by atoms with Gasteiger partial charge in [-0.2, -0.15) is 0 Å². The van der Waals surface area contributed by atoms with Gasteiger partial charge in [0.25, 0.3) is 0 Å². The molecular formula is C16H33N3O. The Hall–Kier alpha value is -0.160. The first kappa shape index (κ1) is 16.2. The Balaban J connectivity index is 1.84. The van der Waals surface area contributed by atoms with E-state index >= 15 is 0 Å². The summed E-state index contributed by atoms with van der Waals surface area (Å²) >= 11 is 0. The van der Waals surface area contributed by atoms with Gasteiger partial charge in [-0.15, -0.1) is 0 Å². The molecule has 118 valence electrons. The zero-order chi connectivity index (χ0) is 14.5. The van der Waals surface area contributed by atoms with E-state index in [0.29, 0.717) is 12.1 Å². The molecule has 2 rings (SSSR count). The fraction of sp³-hybridized carbons (Fsp3) is 1.00. The molecule has 0 aromatic heterocycles.